The van der Waals surface area contributed by atoms with Gasteiger partial charge in [-0.15, -0.1) is 0 Å². The van der Waals surface area contributed by atoms with Gasteiger partial charge in [-0.1, -0.05) is 24.6 Å². The number of para-hydroxylation sites is 1. The van der Waals surface area contributed by atoms with E-state index < -0.39 is 0 Å². The van der Waals surface area contributed by atoms with Gasteiger partial charge in [-0.3, -0.25) is 9.63 Å². The van der Waals surface area contributed by atoms with Crippen LogP contribution in [0.3, 0.4) is 0 Å². The third kappa shape index (κ3) is 5.59. The maximum absolute atomic E-state index is 11.5. The molecule has 5 nitrogen and oxygen atoms in total. The van der Waals surface area contributed by atoms with Crippen molar-refractivity contribution in [1.29, 1.82) is 0 Å². The van der Waals surface area contributed by atoms with Gasteiger partial charge < -0.3 is 9.64 Å². The molecular weight excluding hydrogens is 256 g/mol. The van der Waals surface area contributed by atoms with Gasteiger partial charge in [0.05, 0.1) is 6.61 Å². The van der Waals surface area contributed by atoms with Crippen molar-refractivity contribution in [2.45, 2.75) is 19.3 Å². The predicted octanol–water partition coefficient (Wildman–Crippen LogP) is 1.60. The van der Waals surface area contributed by atoms with E-state index in [4.69, 9.17) is 9.57 Å². The minimum absolute atomic E-state index is 0.0340. The van der Waals surface area contributed by atoms with Gasteiger partial charge in [-0.2, -0.15) is 0 Å². The fourth-order valence-electron chi connectivity index (χ4n) is 2.18. The van der Waals surface area contributed by atoms with Gasteiger partial charge in [-0.25, -0.2) is 5.48 Å². The molecule has 0 atom stereocenters. The quantitative estimate of drug-likeness (QED) is 0.608. The summed E-state index contributed by atoms with van der Waals surface area (Å²) in [5.41, 5.74) is 2.40. The van der Waals surface area contributed by atoms with Gasteiger partial charge in [0.2, 0.25) is 0 Å². The molecule has 1 amide bonds. The molecule has 0 saturated carbocycles. The third-order valence-corrected chi connectivity index (χ3v) is 3.26. The molecule has 5 heteroatoms. The zero-order valence-corrected chi connectivity index (χ0v) is 11.7. The largest absolute Gasteiger partial charge is 0.484 e. The number of hydrogen-bond acceptors (Lipinski definition) is 4. The molecule has 1 fully saturated rings. The molecule has 0 spiro atoms. The summed E-state index contributed by atoms with van der Waals surface area (Å²) < 4.78 is 5.31. The van der Waals surface area contributed by atoms with Gasteiger partial charge >= 0.3 is 0 Å². The van der Waals surface area contributed by atoms with E-state index in [1.807, 2.05) is 30.3 Å². The van der Waals surface area contributed by atoms with Crippen molar-refractivity contribution in [2.75, 3.05) is 32.8 Å². The summed E-state index contributed by atoms with van der Waals surface area (Å²) in [4.78, 5) is 19.0. The predicted molar refractivity (Wildman–Crippen MR) is 76.3 cm³/mol. The summed E-state index contributed by atoms with van der Waals surface area (Å²) in [7, 11) is 0. The summed E-state index contributed by atoms with van der Waals surface area (Å²) in [5, 5.41) is 0. The van der Waals surface area contributed by atoms with Crippen LogP contribution >= 0.6 is 0 Å². The Hall–Kier alpha value is -1.59. The molecule has 1 N–H and O–H groups in total. The average Bonchev–Trinajstić information content (AvgIpc) is 2.52. The standard InChI is InChI=1S/C15H22N2O3/c18-15(13-19-14-7-3-1-4-8-14)16-20-12-11-17-9-5-2-6-10-17/h1,3-4,7-8H,2,5-6,9-13H2,(H,16,18). The summed E-state index contributed by atoms with van der Waals surface area (Å²) in [6, 6.07) is 9.25. The van der Waals surface area contributed by atoms with Crippen LogP contribution in [0.2, 0.25) is 0 Å². The number of hydroxylamine groups is 1. The van der Waals surface area contributed by atoms with Crippen LogP contribution in [0.25, 0.3) is 0 Å². The van der Waals surface area contributed by atoms with E-state index in [0.29, 0.717) is 12.4 Å². The molecule has 0 bridgehead atoms. The first-order chi connectivity index (χ1) is 9.84. The molecule has 1 aromatic carbocycles. The number of benzene rings is 1. The van der Waals surface area contributed by atoms with Crippen LogP contribution in [0, 0.1) is 0 Å². The van der Waals surface area contributed by atoms with E-state index in [0.717, 1.165) is 19.6 Å². The highest BCUT2D eigenvalue weighted by Gasteiger charge is 2.09. The Morgan fingerprint density at radius 2 is 1.90 bits per heavy atom. The number of likely N-dealkylation sites (tertiary alicyclic amines) is 1. The Morgan fingerprint density at radius 3 is 2.65 bits per heavy atom. The number of amides is 1. The topological polar surface area (TPSA) is 50.8 Å². The Bertz CT molecular complexity index is 391. The second-order valence-corrected chi connectivity index (χ2v) is 4.88. The number of hydrogen-bond donors (Lipinski definition) is 1. The summed E-state index contributed by atoms with van der Waals surface area (Å²) in [6.45, 7) is 3.60. The maximum Gasteiger partial charge on any atom is 0.281 e. The van der Waals surface area contributed by atoms with E-state index >= 15 is 0 Å². The van der Waals surface area contributed by atoms with Crippen LogP contribution in [0.5, 0.6) is 5.75 Å². The second-order valence-electron chi connectivity index (χ2n) is 4.88. The number of nitrogens with one attached hydrogen (secondary N) is 1. The molecule has 1 heterocycles. The second kappa shape index (κ2) is 8.55. The lowest BCUT2D eigenvalue weighted by Gasteiger charge is -2.25. The van der Waals surface area contributed by atoms with E-state index in [1.54, 1.807) is 0 Å². The first kappa shape index (κ1) is 14.8. The van der Waals surface area contributed by atoms with E-state index in [2.05, 4.69) is 10.4 Å². The van der Waals surface area contributed by atoms with Crippen LogP contribution in [-0.2, 0) is 9.63 Å². The van der Waals surface area contributed by atoms with E-state index in [-0.39, 0.29) is 12.5 Å². The van der Waals surface area contributed by atoms with Gasteiger partial charge in [-0.05, 0) is 38.1 Å². The number of carbonyl (C=O) groups excluding carboxylic acids is 1. The molecule has 1 aromatic rings. The minimum atomic E-state index is -0.271. The van der Waals surface area contributed by atoms with Gasteiger partial charge in [0.1, 0.15) is 5.75 Å². The zero-order chi connectivity index (χ0) is 14.0. The molecular formula is C15H22N2O3. The lowest BCUT2D eigenvalue weighted by molar-refractivity contribution is -0.136. The molecule has 0 radical (unpaired) electrons. The van der Waals surface area contributed by atoms with Crippen molar-refractivity contribution < 1.29 is 14.4 Å². The first-order valence-corrected chi connectivity index (χ1v) is 7.15. The average molecular weight is 278 g/mol. The molecule has 1 aliphatic heterocycles. The molecule has 0 unspecified atom stereocenters. The van der Waals surface area contributed by atoms with Crippen LogP contribution in [0.1, 0.15) is 19.3 Å². The number of carbonyl (C=O) groups is 1. The minimum Gasteiger partial charge on any atom is -0.484 e. The van der Waals surface area contributed by atoms with Gasteiger partial charge in [0.25, 0.3) is 5.91 Å². The SMILES string of the molecule is O=C(COc1ccccc1)NOCCN1CCCCC1. The highest BCUT2D eigenvalue weighted by molar-refractivity contribution is 5.76. The van der Waals surface area contributed by atoms with Crippen LogP contribution in [0.4, 0.5) is 0 Å². The van der Waals surface area contributed by atoms with Crippen molar-refractivity contribution in [2.24, 2.45) is 0 Å². The lowest BCUT2D eigenvalue weighted by Crippen LogP contribution is -2.36. The summed E-state index contributed by atoms with van der Waals surface area (Å²) >= 11 is 0. The Kier molecular flexibility index (Phi) is 6.34. The fourth-order valence-corrected chi connectivity index (χ4v) is 2.18. The summed E-state index contributed by atoms with van der Waals surface area (Å²) in [6.07, 6.45) is 3.85. The molecule has 2 rings (SSSR count). The first-order valence-electron chi connectivity index (χ1n) is 7.15. The zero-order valence-electron chi connectivity index (χ0n) is 11.7. The van der Waals surface area contributed by atoms with Crippen molar-refractivity contribution in [3.05, 3.63) is 30.3 Å². The van der Waals surface area contributed by atoms with Crippen LogP contribution < -0.4 is 10.2 Å². The lowest BCUT2D eigenvalue weighted by atomic mass is 10.1. The number of nitrogens with zero attached hydrogens (tertiary/aromatic N) is 1. The number of rotatable bonds is 7. The van der Waals surface area contributed by atoms with E-state index in [9.17, 15) is 4.79 Å². The monoisotopic (exact) mass is 278 g/mol. The molecule has 110 valence electrons. The Balaban J connectivity index is 1.51. The van der Waals surface area contributed by atoms with E-state index in [1.165, 1.54) is 19.3 Å². The normalized spacial score (nSPS) is 15.8. The maximum atomic E-state index is 11.5. The molecule has 1 aliphatic rings. The van der Waals surface area contributed by atoms with Gasteiger partial charge in [0.15, 0.2) is 6.61 Å². The van der Waals surface area contributed by atoms with Gasteiger partial charge in [0, 0.05) is 6.54 Å². The highest BCUT2D eigenvalue weighted by Crippen LogP contribution is 2.08. The van der Waals surface area contributed by atoms with Crippen molar-refractivity contribution in [3.63, 3.8) is 0 Å². The Morgan fingerprint density at radius 1 is 1.15 bits per heavy atom. The molecule has 20 heavy (non-hydrogen) atoms. The number of piperidine rings is 1. The Labute approximate surface area is 119 Å². The fraction of sp³-hybridized carbons (Fsp3) is 0.533. The smallest absolute Gasteiger partial charge is 0.281 e. The van der Waals surface area contributed by atoms with Crippen molar-refractivity contribution in [1.82, 2.24) is 10.4 Å². The molecule has 0 aliphatic carbocycles. The molecule has 0 aromatic heterocycles. The van der Waals surface area contributed by atoms with Crippen molar-refractivity contribution in [3.8, 4) is 5.75 Å². The third-order valence-electron chi connectivity index (χ3n) is 3.26. The highest BCUT2D eigenvalue weighted by atomic mass is 16.7. The van der Waals surface area contributed by atoms with Crippen molar-refractivity contribution >= 4 is 5.91 Å². The van der Waals surface area contributed by atoms with Crippen LogP contribution in [0.15, 0.2) is 30.3 Å². The summed E-state index contributed by atoms with van der Waals surface area (Å²) in [5.74, 6) is 0.406. The molecule has 1 saturated heterocycles. The van der Waals surface area contributed by atoms with Crippen LogP contribution in [-0.4, -0.2) is 43.7 Å². The number of ether oxygens (including phenoxy) is 1.